The van der Waals surface area contributed by atoms with E-state index in [1.807, 2.05) is 0 Å². The largest absolute Gasteiger partial charge is 0.376 e. The number of likely N-dealkylation sites (N-methyl/N-ethyl adjacent to an activating group) is 1. The Kier molecular flexibility index (Phi) is 5.09. The fraction of sp³-hybridized carbons (Fsp3) is 0.455. The van der Waals surface area contributed by atoms with Crippen molar-refractivity contribution in [3.8, 4) is 0 Å². The molecule has 4 rings (SSSR count). The number of hydrogen-bond acceptors (Lipinski definition) is 3. The Labute approximate surface area is 155 Å². The van der Waals surface area contributed by atoms with Gasteiger partial charge < -0.3 is 18.7 Å². The molecule has 0 N–H and O–H groups in total. The average Bonchev–Trinajstić information content (AvgIpc) is 3.25. The van der Waals surface area contributed by atoms with Crippen LogP contribution in [0.25, 0.3) is 0 Å². The maximum Gasteiger partial charge on any atom is 0.142 e. The minimum atomic E-state index is 0.0481. The molecule has 2 heterocycles. The summed E-state index contributed by atoms with van der Waals surface area (Å²) in [6.07, 6.45) is 0.193. The molecule has 2 saturated heterocycles. The second-order valence-electron chi connectivity index (χ2n) is 7.70. The van der Waals surface area contributed by atoms with Gasteiger partial charge in [0, 0.05) is 18.2 Å². The van der Waals surface area contributed by atoms with Crippen LogP contribution >= 0.6 is 0 Å². The number of methoxy groups -OCH3 is 1. The van der Waals surface area contributed by atoms with Crippen LogP contribution in [0.3, 0.4) is 0 Å². The second kappa shape index (κ2) is 7.49. The van der Waals surface area contributed by atoms with Gasteiger partial charge in [0.25, 0.3) is 0 Å². The molecule has 4 atom stereocenters. The maximum atomic E-state index is 6.15. The molecule has 2 aromatic rings. The van der Waals surface area contributed by atoms with Gasteiger partial charge in [0.2, 0.25) is 0 Å². The number of rotatable bonds is 6. The molecule has 0 aromatic heterocycles. The Morgan fingerprint density at radius 3 is 1.92 bits per heavy atom. The molecule has 2 fully saturated rings. The van der Waals surface area contributed by atoms with Crippen LogP contribution < -0.4 is 0 Å². The van der Waals surface area contributed by atoms with Gasteiger partial charge in [-0.15, -0.1) is 0 Å². The molecule has 0 radical (unpaired) electrons. The molecule has 0 amide bonds. The Morgan fingerprint density at radius 1 is 0.846 bits per heavy atom. The van der Waals surface area contributed by atoms with E-state index in [0.717, 1.165) is 17.6 Å². The Morgan fingerprint density at radius 2 is 1.38 bits per heavy atom. The second-order valence-corrected chi connectivity index (χ2v) is 7.70. The van der Waals surface area contributed by atoms with E-state index in [-0.39, 0.29) is 18.3 Å². The van der Waals surface area contributed by atoms with Gasteiger partial charge in [-0.1, -0.05) is 60.7 Å². The summed E-state index contributed by atoms with van der Waals surface area (Å²) in [7, 11) is 4.08. The molecular weight excluding hydrogens is 326 g/mol. The molecule has 2 aliphatic heterocycles. The standard InChI is InChI=1S/C22H28NO3/c1-23(13-17-9-5-3-6-10-17,14-18-11-7-4-8-12-18)19-15-25-22-20(24-2)16-26-21(19)22/h3-12,19-22H,13-16H2,1-2H3/q+1/t19-,20+,21+,22+/m0/s1. The van der Waals surface area contributed by atoms with Crippen LogP contribution in [0, 0.1) is 0 Å². The number of nitrogens with zero attached hydrogens (tertiary/aromatic N) is 1. The summed E-state index contributed by atoms with van der Waals surface area (Å²) >= 11 is 0. The highest BCUT2D eigenvalue weighted by molar-refractivity contribution is 5.16. The summed E-state index contributed by atoms with van der Waals surface area (Å²) < 4.78 is 18.7. The smallest absolute Gasteiger partial charge is 0.142 e. The van der Waals surface area contributed by atoms with E-state index in [9.17, 15) is 0 Å². The molecule has 0 saturated carbocycles. The molecule has 0 spiro atoms. The first kappa shape index (κ1) is 17.7. The van der Waals surface area contributed by atoms with E-state index in [1.165, 1.54) is 11.1 Å². The number of ether oxygens (including phenoxy) is 3. The fourth-order valence-electron chi connectivity index (χ4n) is 4.47. The lowest BCUT2D eigenvalue weighted by atomic mass is 10.0. The zero-order valence-electron chi connectivity index (χ0n) is 15.6. The van der Waals surface area contributed by atoms with Gasteiger partial charge >= 0.3 is 0 Å². The van der Waals surface area contributed by atoms with Crippen LogP contribution in [-0.2, 0) is 27.3 Å². The summed E-state index contributed by atoms with van der Waals surface area (Å²) in [5, 5.41) is 0. The molecule has 4 heteroatoms. The SMILES string of the molecule is CO[C@@H]1CO[C@H]2[C@@H]1OC[C@@H]2[N+](C)(Cc1ccccc1)Cc1ccccc1. The average molecular weight is 354 g/mol. The van der Waals surface area contributed by atoms with E-state index in [2.05, 4.69) is 67.7 Å². The summed E-state index contributed by atoms with van der Waals surface area (Å²) in [6, 6.07) is 21.7. The van der Waals surface area contributed by atoms with Gasteiger partial charge in [0.15, 0.2) is 0 Å². The zero-order valence-corrected chi connectivity index (χ0v) is 15.6. The maximum absolute atomic E-state index is 6.15. The van der Waals surface area contributed by atoms with E-state index >= 15 is 0 Å². The number of hydrogen-bond donors (Lipinski definition) is 0. The third kappa shape index (κ3) is 3.42. The van der Waals surface area contributed by atoms with Crippen LogP contribution in [0.2, 0.25) is 0 Å². The van der Waals surface area contributed by atoms with Crippen LogP contribution in [-0.4, -0.2) is 56.2 Å². The molecule has 0 unspecified atom stereocenters. The lowest BCUT2D eigenvalue weighted by Gasteiger charge is -2.41. The predicted octanol–water partition coefficient (Wildman–Crippen LogP) is 3.01. The number of quaternary nitrogens is 1. The predicted molar refractivity (Wildman–Crippen MR) is 101 cm³/mol. The van der Waals surface area contributed by atoms with Crippen molar-refractivity contribution in [1.29, 1.82) is 0 Å². The number of benzene rings is 2. The van der Waals surface area contributed by atoms with Crippen molar-refractivity contribution in [2.45, 2.75) is 37.4 Å². The molecule has 2 aromatic carbocycles. The molecule has 0 aliphatic carbocycles. The van der Waals surface area contributed by atoms with Crippen molar-refractivity contribution in [3.05, 3.63) is 71.8 Å². The summed E-state index contributed by atoms with van der Waals surface area (Å²) in [5.41, 5.74) is 2.69. The Balaban J connectivity index is 1.62. The molecule has 26 heavy (non-hydrogen) atoms. The van der Waals surface area contributed by atoms with Crippen molar-refractivity contribution in [1.82, 2.24) is 0 Å². The summed E-state index contributed by atoms with van der Waals surface area (Å²) in [6.45, 7) is 3.24. The Bertz CT molecular complexity index is 664. The third-order valence-electron chi connectivity index (χ3n) is 5.86. The minimum absolute atomic E-state index is 0.0481. The van der Waals surface area contributed by atoms with Crippen LogP contribution in [0.4, 0.5) is 0 Å². The highest BCUT2D eigenvalue weighted by atomic mass is 16.6. The monoisotopic (exact) mass is 354 g/mol. The summed E-state index contributed by atoms with van der Waals surface area (Å²) in [5.74, 6) is 0. The zero-order chi connectivity index (χ0) is 18.0. The van der Waals surface area contributed by atoms with Crippen molar-refractivity contribution < 1.29 is 18.7 Å². The topological polar surface area (TPSA) is 27.7 Å². The van der Waals surface area contributed by atoms with Crippen molar-refractivity contribution in [2.75, 3.05) is 27.4 Å². The first-order valence-electron chi connectivity index (χ1n) is 9.38. The first-order chi connectivity index (χ1) is 12.7. The van der Waals surface area contributed by atoms with Gasteiger partial charge in [-0.05, 0) is 0 Å². The molecule has 4 nitrogen and oxygen atoms in total. The highest BCUT2D eigenvalue weighted by Crippen LogP contribution is 2.36. The van der Waals surface area contributed by atoms with Gasteiger partial charge in [-0.25, -0.2) is 0 Å². The molecule has 0 bridgehead atoms. The van der Waals surface area contributed by atoms with Gasteiger partial charge in [0.1, 0.15) is 44.1 Å². The highest BCUT2D eigenvalue weighted by Gasteiger charge is 2.55. The van der Waals surface area contributed by atoms with E-state index in [4.69, 9.17) is 14.2 Å². The molecule has 2 aliphatic rings. The quantitative estimate of drug-likeness (QED) is 0.747. The molecule has 138 valence electrons. The lowest BCUT2D eigenvalue weighted by molar-refractivity contribution is -0.959. The Hall–Kier alpha value is -1.72. The third-order valence-corrected chi connectivity index (χ3v) is 5.86. The fourth-order valence-corrected chi connectivity index (χ4v) is 4.47. The van der Waals surface area contributed by atoms with Gasteiger partial charge in [-0.3, -0.25) is 0 Å². The number of fused-ring (bicyclic) bond motifs is 1. The summed E-state index contributed by atoms with van der Waals surface area (Å²) in [4.78, 5) is 0. The van der Waals surface area contributed by atoms with Crippen molar-refractivity contribution in [2.24, 2.45) is 0 Å². The first-order valence-corrected chi connectivity index (χ1v) is 9.38. The van der Waals surface area contributed by atoms with Crippen LogP contribution in [0.5, 0.6) is 0 Å². The lowest BCUT2D eigenvalue weighted by Crippen LogP contribution is -2.56. The van der Waals surface area contributed by atoms with Crippen molar-refractivity contribution >= 4 is 0 Å². The minimum Gasteiger partial charge on any atom is -0.376 e. The van der Waals surface area contributed by atoms with Gasteiger partial charge in [0.05, 0.1) is 13.7 Å². The molecular formula is C22H28NO3+. The van der Waals surface area contributed by atoms with E-state index in [1.54, 1.807) is 7.11 Å². The normalized spacial score (nSPS) is 28.2. The van der Waals surface area contributed by atoms with Crippen molar-refractivity contribution in [3.63, 3.8) is 0 Å². The van der Waals surface area contributed by atoms with Crippen LogP contribution in [0.1, 0.15) is 11.1 Å². The van der Waals surface area contributed by atoms with E-state index < -0.39 is 0 Å². The van der Waals surface area contributed by atoms with Crippen LogP contribution in [0.15, 0.2) is 60.7 Å². The van der Waals surface area contributed by atoms with Gasteiger partial charge in [-0.2, -0.15) is 0 Å². The van der Waals surface area contributed by atoms with E-state index in [0.29, 0.717) is 19.3 Å².